The topological polar surface area (TPSA) is 70.8 Å². The van der Waals surface area contributed by atoms with Crippen LogP contribution in [0.3, 0.4) is 0 Å². The van der Waals surface area contributed by atoms with Crippen molar-refractivity contribution in [2.45, 2.75) is 64.4 Å². The summed E-state index contributed by atoms with van der Waals surface area (Å²) >= 11 is 0. The van der Waals surface area contributed by atoms with Crippen LogP contribution in [0.25, 0.3) is 0 Å². The van der Waals surface area contributed by atoms with E-state index in [1.54, 1.807) is 0 Å². The molecule has 106 valence electrons. The molecule has 1 heterocycles. The lowest BCUT2D eigenvalue weighted by Gasteiger charge is -2.40. The lowest BCUT2D eigenvalue weighted by atomic mass is 10.0. The van der Waals surface area contributed by atoms with Gasteiger partial charge in [-0.3, -0.25) is 4.79 Å². The van der Waals surface area contributed by atoms with E-state index in [1.807, 2.05) is 20.8 Å². The van der Waals surface area contributed by atoms with Crippen LogP contribution in [0.5, 0.6) is 0 Å². The number of hydrogen-bond acceptors (Lipinski definition) is 5. The molecule has 0 aliphatic carbocycles. The molecule has 5 heteroatoms. The Morgan fingerprint density at radius 2 is 2.06 bits per heavy atom. The van der Waals surface area contributed by atoms with Crippen molar-refractivity contribution in [1.29, 1.82) is 0 Å². The molecule has 0 amide bonds. The van der Waals surface area contributed by atoms with Crippen molar-refractivity contribution in [3.05, 3.63) is 0 Å². The maximum absolute atomic E-state index is 11.6. The molecule has 2 atom stereocenters. The zero-order chi connectivity index (χ0) is 13.6. The van der Waals surface area contributed by atoms with E-state index < -0.39 is 5.79 Å². The lowest BCUT2D eigenvalue weighted by Crippen LogP contribution is -2.45. The van der Waals surface area contributed by atoms with Crippen LogP contribution in [-0.2, 0) is 19.0 Å². The first-order valence-electron chi connectivity index (χ1n) is 6.68. The van der Waals surface area contributed by atoms with Crippen LogP contribution in [0, 0.1) is 0 Å². The minimum atomic E-state index is -0.659. The van der Waals surface area contributed by atoms with Crippen LogP contribution in [0.4, 0.5) is 0 Å². The molecule has 1 aliphatic rings. The maximum atomic E-state index is 11.6. The molecule has 0 saturated carbocycles. The average molecular weight is 259 g/mol. The van der Waals surface area contributed by atoms with Gasteiger partial charge in [0.25, 0.3) is 0 Å². The van der Waals surface area contributed by atoms with Gasteiger partial charge < -0.3 is 19.9 Å². The summed E-state index contributed by atoms with van der Waals surface area (Å²) in [6, 6.07) is 0. The molecule has 2 N–H and O–H groups in total. The van der Waals surface area contributed by atoms with Gasteiger partial charge in [0.2, 0.25) is 0 Å². The van der Waals surface area contributed by atoms with Crippen molar-refractivity contribution in [3.63, 3.8) is 0 Å². The fourth-order valence-electron chi connectivity index (χ4n) is 2.17. The number of hydrogen-bond donors (Lipinski definition) is 1. The van der Waals surface area contributed by atoms with Crippen molar-refractivity contribution in [2.75, 3.05) is 13.2 Å². The Morgan fingerprint density at radius 1 is 1.39 bits per heavy atom. The number of nitrogens with two attached hydrogens (primary N) is 1. The number of carbonyl (C=O) groups excluding carboxylic acids is 1. The highest BCUT2D eigenvalue weighted by molar-refractivity contribution is 5.69. The molecular formula is C13H25NO4. The summed E-state index contributed by atoms with van der Waals surface area (Å²) in [6.45, 7) is 6.74. The average Bonchev–Trinajstić information content (AvgIpc) is 2.24. The van der Waals surface area contributed by atoms with Gasteiger partial charge in [0.1, 0.15) is 0 Å². The normalized spacial score (nSPS) is 26.9. The molecule has 1 fully saturated rings. The quantitative estimate of drug-likeness (QED) is 0.733. The highest BCUT2D eigenvalue weighted by atomic mass is 16.7. The Hall–Kier alpha value is -0.650. The molecule has 0 spiro atoms. The van der Waals surface area contributed by atoms with Gasteiger partial charge in [-0.25, -0.2) is 0 Å². The summed E-state index contributed by atoms with van der Waals surface area (Å²) in [6.07, 6.45) is 2.52. The van der Waals surface area contributed by atoms with Crippen LogP contribution >= 0.6 is 0 Å². The highest BCUT2D eigenvalue weighted by Gasteiger charge is 2.36. The van der Waals surface area contributed by atoms with Crippen LogP contribution in [-0.4, -0.2) is 37.1 Å². The third-order valence-electron chi connectivity index (χ3n) is 2.78. The largest absolute Gasteiger partial charge is 0.466 e. The van der Waals surface area contributed by atoms with Gasteiger partial charge in [-0.1, -0.05) is 6.92 Å². The summed E-state index contributed by atoms with van der Waals surface area (Å²) in [5.41, 5.74) is 5.55. The van der Waals surface area contributed by atoms with E-state index in [1.165, 1.54) is 0 Å². The first-order chi connectivity index (χ1) is 8.46. The monoisotopic (exact) mass is 259 g/mol. The van der Waals surface area contributed by atoms with Crippen molar-refractivity contribution in [2.24, 2.45) is 5.73 Å². The van der Waals surface area contributed by atoms with Crippen molar-refractivity contribution in [3.8, 4) is 0 Å². The van der Waals surface area contributed by atoms with Gasteiger partial charge in [-0.15, -0.1) is 0 Å². The van der Waals surface area contributed by atoms with E-state index in [4.69, 9.17) is 19.9 Å². The Bertz CT molecular complexity index is 268. The van der Waals surface area contributed by atoms with Gasteiger partial charge in [-0.05, 0) is 33.2 Å². The summed E-state index contributed by atoms with van der Waals surface area (Å²) < 4.78 is 16.6. The van der Waals surface area contributed by atoms with Gasteiger partial charge in [0.05, 0.1) is 25.2 Å². The Kier molecular flexibility index (Phi) is 6.05. The minimum absolute atomic E-state index is 0.0581. The van der Waals surface area contributed by atoms with Crippen LogP contribution in [0.2, 0.25) is 0 Å². The number of esters is 1. The second-order valence-corrected chi connectivity index (χ2v) is 5.12. The number of carbonyl (C=O) groups is 1. The predicted molar refractivity (Wildman–Crippen MR) is 68.0 cm³/mol. The van der Waals surface area contributed by atoms with Crippen LogP contribution < -0.4 is 5.73 Å². The maximum Gasteiger partial charge on any atom is 0.308 e. The molecule has 2 unspecified atom stereocenters. The van der Waals surface area contributed by atoms with Crippen LogP contribution in [0.1, 0.15) is 46.5 Å². The number of rotatable bonds is 6. The van der Waals surface area contributed by atoms with E-state index in [0.29, 0.717) is 19.6 Å². The first-order valence-corrected chi connectivity index (χ1v) is 6.68. The molecular weight excluding hydrogens is 234 g/mol. The third kappa shape index (κ3) is 5.33. The summed E-state index contributed by atoms with van der Waals surface area (Å²) in [5.74, 6) is -0.862. The van der Waals surface area contributed by atoms with Crippen molar-refractivity contribution < 1.29 is 19.0 Å². The number of ether oxygens (including phenoxy) is 3. The highest BCUT2D eigenvalue weighted by Crippen LogP contribution is 2.29. The second kappa shape index (κ2) is 7.07. The summed E-state index contributed by atoms with van der Waals surface area (Å²) in [5, 5.41) is 0. The fourth-order valence-corrected chi connectivity index (χ4v) is 2.17. The third-order valence-corrected chi connectivity index (χ3v) is 2.78. The molecule has 1 rings (SSSR count). The van der Waals surface area contributed by atoms with Gasteiger partial charge in [0, 0.05) is 6.42 Å². The van der Waals surface area contributed by atoms with E-state index in [-0.39, 0.29) is 24.6 Å². The van der Waals surface area contributed by atoms with Gasteiger partial charge in [-0.2, -0.15) is 0 Å². The van der Waals surface area contributed by atoms with E-state index in [2.05, 4.69) is 0 Å². The molecule has 5 nitrogen and oxygen atoms in total. The molecule has 0 aromatic rings. The van der Waals surface area contributed by atoms with Gasteiger partial charge in [0.15, 0.2) is 5.79 Å². The Morgan fingerprint density at radius 3 is 2.67 bits per heavy atom. The molecule has 0 aromatic heterocycles. The van der Waals surface area contributed by atoms with Crippen molar-refractivity contribution >= 4 is 5.97 Å². The van der Waals surface area contributed by atoms with E-state index in [0.717, 1.165) is 12.8 Å². The van der Waals surface area contributed by atoms with Crippen molar-refractivity contribution in [1.82, 2.24) is 0 Å². The molecule has 1 aliphatic heterocycles. The molecule has 18 heavy (non-hydrogen) atoms. The lowest BCUT2D eigenvalue weighted by molar-refractivity contribution is -0.300. The smallest absolute Gasteiger partial charge is 0.308 e. The standard InChI is InChI=1S/C13H25NO4/c1-4-7-16-12(15)9-11-8-10(5-6-14)17-13(2,3)18-11/h10-11H,4-9,14H2,1-3H3. The molecule has 0 radical (unpaired) electrons. The minimum Gasteiger partial charge on any atom is -0.466 e. The van der Waals surface area contributed by atoms with E-state index >= 15 is 0 Å². The summed E-state index contributed by atoms with van der Waals surface area (Å²) in [4.78, 5) is 11.6. The fraction of sp³-hybridized carbons (Fsp3) is 0.923. The van der Waals surface area contributed by atoms with E-state index in [9.17, 15) is 4.79 Å². The second-order valence-electron chi connectivity index (χ2n) is 5.12. The zero-order valence-electron chi connectivity index (χ0n) is 11.6. The van der Waals surface area contributed by atoms with Crippen LogP contribution in [0.15, 0.2) is 0 Å². The molecule has 0 aromatic carbocycles. The summed E-state index contributed by atoms with van der Waals surface area (Å²) in [7, 11) is 0. The van der Waals surface area contributed by atoms with Gasteiger partial charge >= 0.3 is 5.97 Å². The molecule has 1 saturated heterocycles. The Balaban J connectivity index is 2.46. The Labute approximate surface area is 109 Å². The SMILES string of the molecule is CCCOC(=O)CC1CC(CCN)OC(C)(C)O1. The molecule has 0 bridgehead atoms. The predicted octanol–water partition coefficient (Wildman–Crippen LogP) is 1.59. The first kappa shape index (κ1) is 15.4. The zero-order valence-corrected chi connectivity index (χ0v) is 11.6.